The molecule has 4 aromatic rings. The Morgan fingerprint density at radius 3 is 2.45 bits per heavy atom. The predicted octanol–water partition coefficient (Wildman–Crippen LogP) is 6.22. The number of rotatable bonds is 6. The van der Waals surface area contributed by atoms with E-state index in [1.807, 2.05) is 43.1 Å². The Kier molecular flexibility index (Phi) is 7.70. The van der Waals surface area contributed by atoms with Crippen LogP contribution in [-0.2, 0) is 6.18 Å². The minimum Gasteiger partial charge on any atom is -0.369 e. The van der Waals surface area contributed by atoms with E-state index in [4.69, 9.17) is 0 Å². The van der Waals surface area contributed by atoms with Crippen molar-refractivity contribution in [1.29, 1.82) is 0 Å². The number of likely N-dealkylation sites (N-methyl/N-ethyl adjacent to an activating group) is 1. The summed E-state index contributed by atoms with van der Waals surface area (Å²) in [6.07, 6.45) is 0.608. The van der Waals surface area contributed by atoms with Crippen LogP contribution in [0.2, 0.25) is 0 Å². The van der Waals surface area contributed by atoms with E-state index in [-0.39, 0.29) is 5.69 Å². The molecule has 2 aromatic heterocycles. The molecule has 2 aromatic carbocycles. The van der Waals surface area contributed by atoms with E-state index in [9.17, 15) is 18.0 Å². The molecule has 1 fully saturated rings. The zero-order valence-electron chi connectivity index (χ0n) is 22.2. The summed E-state index contributed by atoms with van der Waals surface area (Å²) in [5.41, 5.74) is 3.43. The van der Waals surface area contributed by atoms with Gasteiger partial charge in [0.2, 0.25) is 0 Å². The molecule has 0 aliphatic carbocycles. The van der Waals surface area contributed by atoms with Crippen molar-refractivity contribution in [2.45, 2.75) is 13.1 Å². The van der Waals surface area contributed by atoms with E-state index in [0.29, 0.717) is 35.8 Å². The summed E-state index contributed by atoms with van der Waals surface area (Å²) in [5.74, 6) is 0.0699. The van der Waals surface area contributed by atoms with Crippen LogP contribution in [0.4, 0.5) is 36.1 Å². The minimum atomic E-state index is -4.54. The second kappa shape index (κ2) is 11.4. The summed E-state index contributed by atoms with van der Waals surface area (Å²) in [5, 5.41) is 5.93. The highest BCUT2D eigenvalue weighted by molar-refractivity contribution is 6.05. The number of hydrogen-bond acceptors (Lipinski definition) is 6. The number of benzene rings is 2. The second-order valence-corrected chi connectivity index (χ2v) is 9.84. The summed E-state index contributed by atoms with van der Waals surface area (Å²) in [4.78, 5) is 25.8. The van der Waals surface area contributed by atoms with E-state index < -0.39 is 17.6 Å². The van der Waals surface area contributed by atoms with E-state index in [1.165, 1.54) is 0 Å². The van der Waals surface area contributed by atoms with Crippen molar-refractivity contribution in [2.75, 3.05) is 48.8 Å². The Hall–Kier alpha value is -4.44. The van der Waals surface area contributed by atoms with Crippen molar-refractivity contribution in [3.63, 3.8) is 0 Å². The third-order valence-electron chi connectivity index (χ3n) is 6.89. The highest BCUT2D eigenvalue weighted by Crippen LogP contribution is 2.35. The lowest BCUT2D eigenvalue weighted by molar-refractivity contribution is -0.137. The van der Waals surface area contributed by atoms with Crippen LogP contribution >= 0.6 is 0 Å². The van der Waals surface area contributed by atoms with Gasteiger partial charge in [0.05, 0.1) is 5.56 Å². The van der Waals surface area contributed by atoms with Crippen LogP contribution in [0.1, 0.15) is 21.5 Å². The fourth-order valence-corrected chi connectivity index (χ4v) is 4.55. The Bertz CT molecular complexity index is 1500. The third kappa shape index (κ3) is 6.40. The van der Waals surface area contributed by atoms with Gasteiger partial charge in [-0.25, -0.2) is 4.98 Å². The fourth-order valence-electron chi connectivity index (χ4n) is 4.55. The van der Waals surface area contributed by atoms with Gasteiger partial charge in [-0.1, -0.05) is 12.1 Å². The molecule has 0 bridgehead atoms. The molecule has 1 amide bonds. The molecule has 206 valence electrons. The molecule has 10 heteroatoms. The van der Waals surface area contributed by atoms with Crippen LogP contribution in [0.5, 0.6) is 0 Å². The average molecular weight is 547 g/mol. The van der Waals surface area contributed by atoms with Gasteiger partial charge in [-0.05, 0) is 73.6 Å². The van der Waals surface area contributed by atoms with E-state index >= 15 is 0 Å². The van der Waals surface area contributed by atoms with E-state index in [2.05, 4.69) is 25.5 Å². The molecule has 0 saturated carbocycles. The number of aryl methyl sites for hydroxylation is 1. The molecule has 1 aliphatic heterocycles. The lowest BCUT2D eigenvalue weighted by atomic mass is 10.1. The largest absolute Gasteiger partial charge is 0.416 e. The number of anilines is 4. The number of nitrogens with one attached hydrogen (secondary N) is 2. The number of amides is 1. The molecule has 3 heterocycles. The number of piperazine rings is 1. The lowest BCUT2D eigenvalue weighted by Gasteiger charge is -2.34. The second-order valence-electron chi connectivity index (χ2n) is 9.84. The molecule has 2 N–H and O–H groups in total. The number of carbonyl (C=O) groups is 1. The summed E-state index contributed by atoms with van der Waals surface area (Å²) in [7, 11) is 1.98. The number of aromatic nitrogens is 2. The van der Waals surface area contributed by atoms with Gasteiger partial charge in [-0.15, -0.1) is 0 Å². The first-order chi connectivity index (χ1) is 19.2. The van der Waals surface area contributed by atoms with Gasteiger partial charge in [0, 0.05) is 73.0 Å². The number of nitrogens with zero attached hydrogens (tertiary/aromatic N) is 4. The normalized spacial score (nSPS) is 14.2. The molecule has 0 spiro atoms. The van der Waals surface area contributed by atoms with Crippen LogP contribution in [0.25, 0.3) is 11.1 Å². The number of hydrogen-bond donors (Lipinski definition) is 2. The molecular formula is C30H29F3N6O. The summed E-state index contributed by atoms with van der Waals surface area (Å²) in [6, 6.07) is 16.4. The SMILES string of the molecule is Cc1ccc(C(=O)Nc2cc(N3CCN(C)CC3)cc(C(F)(F)F)c2)cc1Nc1cc(-c2cccnc2)ccn1. The fraction of sp³-hybridized carbons (Fsp3) is 0.233. The Balaban J connectivity index is 1.37. The summed E-state index contributed by atoms with van der Waals surface area (Å²) >= 11 is 0. The number of alkyl halides is 3. The zero-order valence-corrected chi connectivity index (χ0v) is 22.2. The summed E-state index contributed by atoms with van der Waals surface area (Å²) < 4.78 is 41.2. The molecular weight excluding hydrogens is 517 g/mol. The minimum absolute atomic E-state index is 0.0923. The topological polar surface area (TPSA) is 73.4 Å². The molecule has 1 aliphatic rings. The van der Waals surface area contributed by atoms with Crippen molar-refractivity contribution in [3.8, 4) is 11.1 Å². The van der Waals surface area contributed by atoms with Gasteiger partial charge in [-0.3, -0.25) is 9.78 Å². The molecule has 40 heavy (non-hydrogen) atoms. The maximum absolute atomic E-state index is 13.7. The Labute approximate surface area is 230 Å². The lowest BCUT2D eigenvalue weighted by Crippen LogP contribution is -2.44. The highest BCUT2D eigenvalue weighted by Gasteiger charge is 2.32. The van der Waals surface area contributed by atoms with Crippen LogP contribution in [0.15, 0.2) is 79.3 Å². The quantitative estimate of drug-likeness (QED) is 0.299. The molecule has 0 radical (unpaired) electrons. The maximum Gasteiger partial charge on any atom is 0.416 e. The summed E-state index contributed by atoms with van der Waals surface area (Å²) in [6.45, 7) is 4.60. The molecule has 1 saturated heterocycles. The zero-order chi connectivity index (χ0) is 28.3. The molecule has 7 nitrogen and oxygen atoms in total. The Morgan fingerprint density at radius 2 is 1.73 bits per heavy atom. The van der Waals surface area contributed by atoms with Crippen LogP contribution in [0, 0.1) is 6.92 Å². The van der Waals surface area contributed by atoms with Crippen molar-refractivity contribution >= 4 is 28.8 Å². The van der Waals surface area contributed by atoms with E-state index in [1.54, 1.807) is 42.9 Å². The number of pyridine rings is 2. The van der Waals surface area contributed by atoms with Crippen molar-refractivity contribution in [3.05, 3.63) is 95.9 Å². The average Bonchev–Trinajstić information content (AvgIpc) is 2.94. The van der Waals surface area contributed by atoms with Gasteiger partial charge in [0.15, 0.2) is 0 Å². The first-order valence-corrected chi connectivity index (χ1v) is 12.9. The predicted molar refractivity (Wildman–Crippen MR) is 151 cm³/mol. The van der Waals surface area contributed by atoms with Gasteiger partial charge < -0.3 is 20.4 Å². The smallest absolute Gasteiger partial charge is 0.369 e. The monoisotopic (exact) mass is 546 g/mol. The van der Waals surface area contributed by atoms with Gasteiger partial charge in [-0.2, -0.15) is 13.2 Å². The van der Waals surface area contributed by atoms with Gasteiger partial charge >= 0.3 is 6.18 Å². The Morgan fingerprint density at radius 1 is 0.925 bits per heavy atom. The third-order valence-corrected chi connectivity index (χ3v) is 6.89. The first-order valence-electron chi connectivity index (χ1n) is 12.9. The number of halogens is 3. The van der Waals surface area contributed by atoms with Crippen molar-refractivity contribution < 1.29 is 18.0 Å². The van der Waals surface area contributed by atoms with Crippen LogP contribution < -0.4 is 15.5 Å². The van der Waals surface area contributed by atoms with Crippen molar-refractivity contribution in [2.24, 2.45) is 0 Å². The maximum atomic E-state index is 13.7. The van der Waals surface area contributed by atoms with Gasteiger partial charge in [0.1, 0.15) is 5.82 Å². The first kappa shape index (κ1) is 27.1. The van der Waals surface area contributed by atoms with Crippen LogP contribution in [-0.4, -0.2) is 54.0 Å². The van der Waals surface area contributed by atoms with Gasteiger partial charge in [0.25, 0.3) is 5.91 Å². The molecule has 0 unspecified atom stereocenters. The number of carbonyl (C=O) groups excluding carboxylic acids is 1. The highest BCUT2D eigenvalue weighted by atomic mass is 19.4. The molecule has 0 atom stereocenters. The standard InChI is InChI=1S/C30H29F3N6O/c1-20-5-6-22(14-27(20)37-28-15-21(7-9-35-28)23-4-3-8-34-19-23)29(40)36-25-16-24(30(31,32)33)17-26(18-25)39-12-10-38(2)11-13-39/h3-9,14-19H,10-13H2,1-2H3,(H,35,37)(H,36,40). The molecule has 5 rings (SSSR count). The van der Waals surface area contributed by atoms with Crippen LogP contribution in [0.3, 0.4) is 0 Å². The van der Waals surface area contributed by atoms with Crippen molar-refractivity contribution in [1.82, 2.24) is 14.9 Å². The van der Waals surface area contributed by atoms with E-state index in [0.717, 1.165) is 41.9 Å².